The van der Waals surface area contributed by atoms with Gasteiger partial charge in [-0.15, -0.1) is 0 Å². The van der Waals surface area contributed by atoms with Gasteiger partial charge in [-0.05, 0) is 56.1 Å². The lowest BCUT2D eigenvalue weighted by Crippen LogP contribution is -2.45. The molecule has 0 saturated carbocycles. The van der Waals surface area contributed by atoms with Gasteiger partial charge in [-0.25, -0.2) is 0 Å². The summed E-state index contributed by atoms with van der Waals surface area (Å²) in [6, 6.07) is 11.4. The van der Waals surface area contributed by atoms with Crippen LogP contribution in [0.5, 0.6) is 5.75 Å². The number of aromatic hydroxyl groups is 1. The number of benzene rings is 2. The fourth-order valence-corrected chi connectivity index (χ4v) is 5.17. The molecule has 1 fully saturated rings. The summed E-state index contributed by atoms with van der Waals surface area (Å²) < 4.78 is 0. The molecule has 0 aromatic heterocycles. The number of nitrogens with zero attached hydrogens (tertiary/aromatic N) is 2. The second-order valence-electron chi connectivity index (χ2n) is 8.41. The summed E-state index contributed by atoms with van der Waals surface area (Å²) >= 11 is 6.70. The Morgan fingerprint density at radius 3 is 2.52 bits per heavy atom. The van der Waals surface area contributed by atoms with E-state index >= 15 is 0 Å². The fraction of sp³-hybridized carbons (Fsp3) is 0.455. The van der Waals surface area contributed by atoms with Crippen LogP contribution in [0.25, 0.3) is 0 Å². The van der Waals surface area contributed by atoms with E-state index in [9.17, 15) is 5.11 Å². The summed E-state index contributed by atoms with van der Waals surface area (Å²) in [7, 11) is 0. The maximum atomic E-state index is 10.7. The van der Waals surface area contributed by atoms with Crippen molar-refractivity contribution in [2.24, 2.45) is 5.92 Å². The van der Waals surface area contributed by atoms with Gasteiger partial charge in [-0.1, -0.05) is 37.6 Å². The van der Waals surface area contributed by atoms with Gasteiger partial charge >= 0.3 is 0 Å². The van der Waals surface area contributed by atoms with E-state index in [1.807, 2.05) is 30.3 Å². The van der Waals surface area contributed by atoms with E-state index in [-0.39, 0.29) is 11.2 Å². The van der Waals surface area contributed by atoms with Crippen LogP contribution in [0.4, 0.5) is 17.1 Å². The molecule has 0 bridgehead atoms. The third-order valence-corrected chi connectivity index (χ3v) is 6.35. The lowest BCUT2D eigenvalue weighted by atomic mass is 9.74. The molecule has 0 atom stereocenters. The Hall–Kier alpha value is -1.91. The molecule has 5 heteroatoms. The molecule has 2 aliphatic heterocycles. The number of nitrogen functional groups attached to an aromatic ring is 1. The van der Waals surface area contributed by atoms with Crippen molar-refractivity contribution in [2.45, 2.75) is 32.1 Å². The number of rotatable bonds is 3. The van der Waals surface area contributed by atoms with E-state index in [1.54, 1.807) is 6.07 Å². The minimum absolute atomic E-state index is 0.0408. The average Bonchev–Trinajstić information content (AvgIpc) is 2.96. The predicted octanol–water partition coefficient (Wildman–Crippen LogP) is 4.77. The number of phenolic OH excluding ortho intramolecular Hbond substituents is 1. The summed E-state index contributed by atoms with van der Waals surface area (Å²) in [6.07, 6.45) is 2.08. The number of phenols is 1. The first kappa shape index (κ1) is 18.5. The van der Waals surface area contributed by atoms with E-state index in [1.165, 1.54) is 0 Å². The maximum Gasteiger partial charge on any atom is 0.139 e. The first-order valence-electron chi connectivity index (χ1n) is 9.78. The normalized spacial score (nSPS) is 19.0. The molecule has 4 nitrogen and oxygen atoms in total. The zero-order valence-electron chi connectivity index (χ0n) is 16.1. The number of para-hydroxylation sites is 2. The molecule has 0 unspecified atom stereocenters. The minimum Gasteiger partial charge on any atom is -0.506 e. The quantitative estimate of drug-likeness (QED) is 0.747. The van der Waals surface area contributed by atoms with Crippen molar-refractivity contribution in [2.75, 3.05) is 36.8 Å². The molecule has 0 aliphatic carbocycles. The Labute approximate surface area is 166 Å². The topological polar surface area (TPSA) is 52.7 Å². The first-order chi connectivity index (χ1) is 12.9. The van der Waals surface area contributed by atoms with Crippen LogP contribution in [0, 0.1) is 5.92 Å². The summed E-state index contributed by atoms with van der Waals surface area (Å²) in [5.74, 6) is 0.947. The summed E-state index contributed by atoms with van der Waals surface area (Å²) in [4.78, 5) is 4.72. The Morgan fingerprint density at radius 1 is 1.15 bits per heavy atom. The largest absolute Gasteiger partial charge is 0.506 e. The average molecular weight is 386 g/mol. The van der Waals surface area contributed by atoms with Gasteiger partial charge in [-0.3, -0.25) is 0 Å². The van der Waals surface area contributed by atoms with Crippen molar-refractivity contribution >= 4 is 28.7 Å². The second kappa shape index (κ2) is 6.92. The van der Waals surface area contributed by atoms with Gasteiger partial charge in [0, 0.05) is 29.1 Å². The molecule has 3 N–H and O–H groups in total. The van der Waals surface area contributed by atoms with Gasteiger partial charge in [-0.2, -0.15) is 0 Å². The number of hydrogen-bond acceptors (Lipinski definition) is 4. The SMILES string of the molecule is CC(C)CN1CCC2(CC1)CN(c1ccccc1N)c1c(O)ccc(Cl)c12. The van der Waals surface area contributed by atoms with E-state index in [4.69, 9.17) is 17.3 Å². The second-order valence-corrected chi connectivity index (χ2v) is 8.82. The van der Waals surface area contributed by atoms with Crippen molar-refractivity contribution < 1.29 is 5.11 Å². The molecule has 1 saturated heterocycles. The smallest absolute Gasteiger partial charge is 0.139 e. The highest BCUT2D eigenvalue weighted by Crippen LogP contribution is 2.56. The molecule has 2 aromatic carbocycles. The number of fused-ring (bicyclic) bond motifs is 2. The summed E-state index contributed by atoms with van der Waals surface area (Å²) in [5.41, 5.74) is 9.82. The number of anilines is 3. The number of likely N-dealkylation sites (tertiary alicyclic amines) is 1. The van der Waals surface area contributed by atoms with Crippen molar-refractivity contribution in [3.8, 4) is 5.75 Å². The van der Waals surface area contributed by atoms with Crippen LogP contribution in [-0.2, 0) is 5.41 Å². The molecule has 0 radical (unpaired) electrons. The summed E-state index contributed by atoms with van der Waals surface area (Å²) in [5, 5.41) is 11.5. The van der Waals surface area contributed by atoms with E-state index in [0.29, 0.717) is 5.92 Å². The van der Waals surface area contributed by atoms with Crippen molar-refractivity contribution in [3.05, 3.63) is 47.0 Å². The third-order valence-electron chi connectivity index (χ3n) is 6.03. The fourth-order valence-electron chi connectivity index (χ4n) is 4.82. The van der Waals surface area contributed by atoms with Gasteiger partial charge in [0.1, 0.15) is 5.75 Å². The van der Waals surface area contributed by atoms with Crippen LogP contribution in [0.2, 0.25) is 5.02 Å². The first-order valence-corrected chi connectivity index (χ1v) is 10.2. The zero-order chi connectivity index (χ0) is 19.2. The van der Waals surface area contributed by atoms with Crippen LogP contribution in [0.15, 0.2) is 36.4 Å². The van der Waals surface area contributed by atoms with Gasteiger partial charge in [0.25, 0.3) is 0 Å². The Kier molecular flexibility index (Phi) is 4.73. The van der Waals surface area contributed by atoms with Crippen LogP contribution >= 0.6 is 11.6 Å². The van der Waals surface area contributed by atoms with Crippen LogP contribution in [-0.4, -0.2) is 36.2 Å². The van der Waals surface area contributed by atoms with Crippen molar-refractivity contribution in [1.29, 1.82) is 0 Å². The van der Waals surface area contributed by atoms with Crippen LogP contribution in [0.1, 0.15) is 32.3 Å². The standard InChI is InChI=1S/C22H28ClN3O/c1-15(2)13-25-11-9-22(10-12-25)14-26(18-6-4-3-5-17(18)24)21-19(27)8-7-16(23)20(21)22/h3-8,15,27H,9-14,24H2,1-2H3. The molecule has 27 heavy (non-hydrogen) atoms. The molecule has 2 aliphatic rings. The monoisotopic (exact) mass is 385 g/mol. The maximum absolute atomic E-state index is 10.7. The lowest BCUT2D eigenvalue weighted by Gasteiger charge is -2.40. The van der Waals surface area contributed by atoms with E-state index in [0.717, 1.165) is 66.7 Å². The van der Waals surface area contributed by atoms with Crippen molar-refractivity contribution in [3.63, 3.8) is 0 Å². The Morgan fingerprint density at radius 2 is 1.85 bits per heavy atom. The predicted molar refractivity (Wildman–Crippen MR) is 113 cm³/mol. The highest BCUT2D eigenvalue weighted by atomic mass is 35.5. The molecular weight excluding hydrogens is 358 g/mol. The highest BCUT2D eigenvalue weighted by Gasteiger charge is 2.47. The summed E-state index contributed by atoms with van der Waals surface area (Å²) in [6.45, 7) is 8.59. The third kappa shape index (κ3) is 3.15. The molecule has 2 aromatic rings. The zero-order valence-corrected chi connectivity index (χ0v) is 16.8. The molecule has 144 valence electrons. The number of hydrogen-bond donors (Lipinski definition) is 2. The number of halogens is 1. The van der Waals surface area contributed by atoms with Gasteiger partial charge in [0.2, 0.25) is 0 Å². The molecular formula is C22H28ClN3O. The van der Waals surface area contributed by atoms with Crippen molar-refractivity contribution in [1.82, 2.24) is 4.90 Å². The Balaban J connectivity index is 1.75. The van der Waals surface area contributed by atoms with Gasteiger partial charge in [0.15, 0.2) is 0 Å². The lowest BCUT2D eigenvalue weighted by molar-refractivity contribution is 0.153. The Bertz CT molecular complexity index is 843. The highest BCUT2D eigenvalue weighted by molar-refractivity contribution is 6.32. The number of nitrogens with two attached hydrogens (primary N) is 1. The minimum atomic E-state index is -0.0408. The molecule has 4 rings (SSSR count). The number of piperidine rings is 1. The van der Waals surface area contributed by atoms with Gasteiger partial charge < -0.3 is 20.6 Å². The van der Waals surface area contributed by atoms with Gasteiger partial charge in [0.05, 0.1) is 17.1 Å². The molecule has 1 spiro atoms. The molecule has 0 amide bonds. The van der Waals surface area contributed by atoms with E-state index < -0.39 is 0 Å². The van der Waals surface area contributed by atoms with E-state index in [2.05, 4.69) is 23.6 Å². The molecule has 2 heterocycles. The van der Waals surface area contributed by atoms with Crippen LogP contribution < -0.4 is 10.6 Å². The van der Waals surface area contributed by atoms with Crippen LogP contribution in [0.3, 0.4) is 0 Å².